The van der Waals surface area contributed by atoms with Crippen LogP contribution in [0.15, 0.2) is 24.3 Å². The van der Waals surface area contributed by atoms with Crippen LogP contribution in [-0.4, -0.2) is 42.9 Å². The first-order chi connectivity index (χ1) is 9.97. The summed E-state index contributed by atoms with van der Waals surface area (Å²) >= 11 is 0. The van der Waals surface area contributed by atoms with Crippen LogP contribution in [0.1, 0.15) is 20.3 Å². The lowest BCUT2D eigenvalue weighted by Gasteiger charge is -2.27. The van der Waals surface area contributed by atoms with Gasteiger partial charge in [0.2, 0.25) is 11.8 Å². The fourth-order valence-corrected chi connectivity index (χ4v) is 1.99. The summed E-state index contributed by atoms with van der Waals surface area (Å²) in [4.78, 5) is 25.7. The maximum atomic E-state index is 12.3. The highest BCUT2D eigenvalue weighted by Crippen LogP contribution is 2.13. The quantitative estimate of drug-likeness (QED) is 0.656. The first kappa shape index (κ1) is 17.0. The number of rotatable bonds is 7. The zero-order valence-corrected chi connectivity index (χ0v) is 12.8. The van der Waals surface area contributed by atoms with Gasteiger partial charge in [-0.1, -0.05) is 13.0 Å². The molecule has 0 fully saturated rings. The van der Waals surface area contributed by atoms with Crippen LogP contribution in [0.25, 0.3) is 0 Å². The van der Waals surface area contributed by atoms with Crippen LogP contribution in [0.2, 0.25) is 0 Å². The summed E-state index contributed by atoms with van der Waals surface area (Å²) in [6.45, 7) is 4.69. The Balaban J connectivity index is 2.71. The van der Waals surface area contributed by atoms with Gasteiger partial charge in [-0.3, -0.25) is 14.5 Å². The van der Waals surface area contributed by atoms with Crippen molar-refractivity contribution in [2.24, 2.45) is 0 Å². The normalized spacial score (nSPS) is 12.0. The summed E-state index contributed by atoms with van der Waals surface area (Å²) in [6.07, 6.45) is 0.868. The van der Waals surface area contributed by atoms with Crippen LogP contribution in [-0.2, 0) is 9.59 Å². The van der Waals surface area contributed by atoms with Crippen LogP contribution < -0.4 is 16.4 Å². The Morgan fingerprint density at radius 1 is 1.38 bits per heavy atom. The second-order valence-corrected chi connectivity index (χ2v) is 4.93. The third kappa shape index (κ3) is 5.43. The van der Waals surface area contributed by atoms with Crippen LogP contribution in [0.5, 0.6) is 0 Å². The number of carbonyl (C=O) groups is 2. The third-order valence-electron chi connectivity index (χ3n) is 3.22. The van der Waals surface area contributed by atoms with E-state index >= 15 is 0 Å². The maximum Gasteiger partial charge on any atom is 0.241 e. The van der Waals surface area contributed by atoms with Gasteiger partial charge in [0.1, 0.15) is 0 Å². The fraction of sp³-hybridized carbons (Fsp3) is 0.467. The van der Waals surface area contributed by atoms with Crippen molar-refractivity contribution < 1.29 is 9.59 Å². The van der Waals surface area contributed by atoms with Gasteiger partial charge in [0.15, 0.2) is 0 Å². The predicted octanol–water partition coefficient (Wildman–Crippen LogP) is 1.05. The van der Waals surface area contributed by atoms with Gasteiger partial charge in [0.05, 0.1) is 12.6 Å². The lowest BCUT2D eigenvalue weighted by Crippen LogP contribution is -2.46. The van der Waals surface area contributed by atoms with Crippen molar-refractivity contribution in [3.05, 3.63) is 24.3 Å². The molecule has 0 saturated carbocycles. The van der Waals surface area contributed by atoms with Crippen LogP contribution in [0, 0.1) is 0 Å². The standard InChI is InChI=1S/C15H24N4O2/c1-4-8-19(10-14(20)17-3)11(2)15(21)18-13-7-5-6-12(16)9-13/h5-7,9,11H,4,8,10,16H2,1-3H3,(H,17,20)(H,18,21). The van der Waals surface area contributed by atoms with E-state index in [1.165, 1.54) is 0 Å². The van der Waals surface area contributed by atoms with E-state index in [9.17, 15) is 9.59 Å². The molecule has 0 radical (unpaired) electrons. The minimum atomic E-state index is -0.399. The number of likely N-dealkylation sites (N-methyl/N-ethyl adjacent to an activating group) is 1. The van der Waals surface area contributed by atoms with E-state index < -0.39 is 6.04 Å². The summed E-state index contributed by atoms with van der Waals surface area (Å²) in [5.74, 6) is -0.259. The van der Waals surface area contributed by atoms with Crippen molar-refractivity contribution in [1.29, 1.82) is 0 Å². The molecule has 0 saturated heterocycles. The predicted molar refractivity (Wildman–Crippen MR) is 84.9 cm³/mol. The van der Waals surface area contributed by atoms with E-state index in [0.717, 1.165) is 6.42 Å². The van der Waals surface area contributed by atoms with Gasteiger partial charge in [0.25, 0.3) is 0 Å². The van der Waals surface area contributed by atoms with Crippen molar-refractivity contribution in [3.8, 4) is 0 Å². The molecular weight excluding hydrogens is 268 g/mol. The number of hydrogen-bond acceptors (Lipinski definition) is 4. The first-order valence-corrected chi connectivity index (χ1v) is 7.09. The molecule has 21 heavy (non-hydrogen) atoms. The zero-order valence-electron chi connectivity index (χ0n) is 12.8. The summed E-state index contributed by atoms with van der Waals surface area (Å²) in [6, 6.07) is 6.62. The minimum absolute atomic E-state index is 0.105. The Labute approximate surface area is 125 Å². The smallest absolute Gasteiger partial charge is 0.241 e. The van der Waals surface area contributed by atoms with Crippen LogP contribution in [0.4, 0.5) is 11.4 Å². The van der Waals surface area contributed by atoms with E-state index in [2.05, 4.69) is 10.6 Å². The summed E-state index contributed by atoms with van der Waals surface area (Å²) in [5.41, 5.74) is 6.94. The van der Waals surface area contributed by atoms with E-state index in [1.54, 1.807) is 38.2 Å². The Morgan fingerprint density at radius 2 is 2.10 bits per heavy atom. The molecule has 1 aromatic rings. The summed E-state index contributed by atoms with van der Waals surface area (Å²) < 4.78 is 0. The van der Waals surface area contributed by atoms with Crippen LogP contribution >= 0.6 is 0 Å². The van der Waals surface area contributed by atoms with E-state index in [0.29, 0.717) is 17.9 Å². The number of nitrogens with zero attached hydrogens (tertiary/aromatic N) is 1. The molecule has 0 heterocycles. The Morgan fingerprint density at radius 3 is 2.67 bits per heavy atom. The lowest BCUT2D eigenvalue weighted by atomic mass is 10.2. The highest BCUT2D eigenvalue weighted by Gasteiger charge is 2.22. The monoisotopic (exact) mass is 292 g/mol. The molecule has 1 atom stereocenters. The number of amides is 2. The highest BCUT2D eigenvalue weighted by atomic mass is 16.2. The maximum absolute atomic E-state index is 12.3. The second-order valence-electron chi connectivity index (χ2n) is 4.93. The zero-order chi connectivity index (χ0) is 15.8. The molecule has 0 aromatic heterocycles. The molecule has 0 aliphatic heterocycles. The van der Waals surface area contributed by atoms with Gasteiger partial charge in [-0.05, 0) is 38.1 Å². The molecular formula is C15H24N4O2. The van der Waals surface area contributed by atoms with Gasteiger partial charge < -0.3 is 16.4 Å². The molecule has 0 bridgehead atoms. The van der Waals surface area contributed by atoms with Gasteiger partial charge in [-0.25, -0.2) is 0 Å². The Hall–Kier alpha value is -2.08. The largest absolute Gasteiger partial charge is 0.399 e. The summed E-state index contributed by atoms with van der Waals surface area (Å²) in [5, 5.41) is 5.40. The number of hydrogen-bond donors (Lipinski definition) is 3. The molecule has 1 unspecified atom stereocenters. The number of nitrogens with one attached hydrogen (secondary N) is 2. The van der Waals surface area contributed by atoms with Crippen molar-refractivity contribution >= 4 is 23.2 Å². The molecule has 116 valence electrons. The van der Waals surface area contributed by atoms with Gasteiger partial charge in [0, 0.05) is 18.4 Å². The number of carbonyl (C=O) groups excluding carboxylic acids is 2. The number of anilines is 2. The van der Waals surface area contributed by atoms with Gasteiger partial charge in [-0.2, -0.15) is 0 Å². The van der Waals surface area contributed by atoms with Crippen molar-refractivity contribution in [2.75, 3.05) is 31.2 Å². The Kier molecular flexibility index (Phi) is 6.68. The molecule has 4 N–H and O–H groups in total. The number of nitrogen functional groups attached to an aromatic ring is 1. The third-order valence-corrected chi connectivity index (χ3v) is 3.22. The average Bonchev–Trinajstić information content (AvgIpc) is 2.45. The van der Waals surface area contributed by atoms with Crippen LogP contribution in [0.3, 0.4) is 0 Å². The molecule has 1 aromatic carbocycles. The molecule has 6 heteroatoms. The number of nitrogens with two attached hydrogens (primary N) is 1. The lowest BCUT2D eigenvalue weighted by molar-refractivity contribution is -0.125. The fourth-order valence-electron chi connectivity index (χ4n) is 1.99. The minimum Gasteiger partial charge on any atom is -0.399 e. The van der Waals surface area contributed by atoms with Crippen molar-refractivity contribution in [2.45, 2.75) is 26.3 Å². The molecule has 0 aliphatic rings. The second kappa shape index (κ2) is 8.26. The van der Waals surface area contributed by atoms with Crippen molar-refractivity contribution in [3.63, 3.8) is 0 Å². The van der Waals surface area contributed by atoms with E-state index in [1.807, 2.05) is 11.8 Å². The van der Waals surface area contributed by atoms with Crippen molar-refractivity contribution in [1.82, 2.24) is 10.2 Å². The Bertz CT molecular complexity index is 490. The number of benzene rings is 1. The molecule has 0 spiro atoms. The first-order valence-electron chi connectivity index (χ1n) is 7.09. The summed E-state index contributed by atoms with van der Waals surface area (Å²) in [7, 11) is 1.59. The van der Waals surface area contributed by atoms with Gasteiger partial charge in [-0.15, -0.1) is 0 Å². The van der Waals surface area contributed by atoms with Gasteiger partial charge >= 0.3 is 0 Å². The molecule has 0 aliphatic carbocycles. The average molecular weight is 292 g/mol. The highest BCUT2D eigenvalue weighted by molar-refractivity contribution is 5.95. The molecule has 6 nitrogen and oxygen atoms in total. The SMILES string of the molecule is CCCN(CC(=O)NC)C(C)C(=O)Nc1cccc(N)c1. The topological polar surface area (TPSA) is 87.5 Å². The van der Waals surface area contributed by atoms with E-state index in [4.69, 9.17) is 5.73 Å². The molecule has 1 rings (SSSR count). The van der Waals surface area contributed by atoms with E-state index in [-0.39, 0.29) is 18.4 Å². The molecule has 2 amide bonds.